The third kappa shape index (κ3) is 4.25. The van der Waals surface area contributed by atoms with Crippen molar-refractivity contribution in [3.63, 3.8) is 0 Å². The Hall–Kier alpha value is -3.19. The van der Waals surface area contributed by atoms with E-state index in [9.17, 15) is 9.18 Å². The van der Waals surface area contributed by atoms with Crippen LogP contribution in [0.15, 0.2) is 51.8 Å². The largest absolute Gasteiger partial charge is 0.493 e. The lowest BCUT2D eigenvalue weighted by atomic mass is 9.91. The van der Waals surface area contributed by atoms with E-state index in [1.54, 1.807) is 13.0 Å². The first-order valence-corrected chi connectivity index (χ1v) is 11.1. The van der Waals surface area contributed by atoms with Gasteiger partial charge in [-0.1, -0.05) is 5.16 Å². The third-order valence-corrected chi connectivity index (χ3v) is 6.33. The van der Waals surface area contributed by atoms with Gasteiger partial charge in [-0.15, -0.1) is 0 Å². The number of hydrogen-bond donors (Lipinski definition) is 1. The fraction of sp³-hybridized carbons (Fsp3) is 0.360. The second kappa shape index (κ2) is 8.74. The zero-order chi connectivity index (χ0) is 22.1. The van der Waals surface area contributed by atoms with Crippen molar-refractivity contribution < 1.29 is 13.7 Å². The quantitative estimate of drug-likeness (QED) is 0.442. The summed E-state index contributed by atoms with van der Waals surface area (Å²) in [5, 5.41) is 6.15. The molecule has 0 amide bonds. The maximum Gasteiger partial charge on any atom is 0.251 e. The topological polar surface area (TPSA) is 71.4 Å². The second-order valence-corrected chi connectivity index (χ2v) is 8.56. The molecule has 1 N–H and O–H groups in total. The highest BCUT2D eigenvalue weighted by atomic mass is 19.1. The number of ether oxygens (including phenoxy) is 1. The van der Waals surface area contributed by atoms with Crippen molar-refractivity contribution in [3.05, 3.63) is 69.9 Å². The normalized spacial score (nSPS) is 15.6. The summed E-state index contributed by atoms with van der Waals surface area (Å²) in [4.78, 5) is 17.2. The summed E-state index contributed by atoms with van der Waals surface area (Å²) < 4.78 is 24.6. The van der Waals surface area contributed by atoms with E-state index in [0.717, 1.165) is 66.6 Å². The molecule has 1 fully saturated rings. The van der Waals surface area contributed by atoms with Gasteiger partial charge >= 0.3 is 0 Å². The number of aryl methyl sites for hydroxylation is 1. The molecule has 2 aromatic heterocycles. The van der Waals surface area contributed by atoms with Crippen molar-refractivity contribution in [1.82, 2.24) is 15.0 Å². The van der Waals surface area contributed by atoms with Gasteiger partial charge < -0.3 is 19.1 Å². The molecule has 3 heterocycles. The number of pyridine rings is 1. The van der Waals surface area contributed by atoms with Gasteiger partial charge in [0.15, 0.2) is 5.58 Å². The summed E-state index contributed by atoms with van der Waals surface area (Å²) in [6.45, 7) is 5.40. The molecule has 0 bridgehead atoms. The van der Waals surface area contributed by atoms with Crippen LogP contribution in [0.25, 0.3) is 21.9 Å². The summed E-state index contributed by atoms with van der Waals surface area (Å²) in [5.41, 5.74) is 2.91. The summed E-state index contributed by atoms with van der Waals surface area (Å²) in [6.07, 6.45) is 2.95. The fourth-order valence-corrected chi connectivity index (χ4v) is 4.51. The molecule has 1 aliphatic rings. The van der Waals surface area contributed by atoms with Gasteiger partial charge in [-0.25, -0.2) is 4.39 Å². The van der Waals surface area contributed by atoms with Crippen molar-refractivity contribution >= 4 is 21.9 Å². The first kappa shape index (κ1) is 20.7. The predicted octanol–water partition coefficient (Wildman–Crippen LogP) is 4.77. The van der Waals surface area contributed by atoms with Gasteiger partial charge in [0.1, 0.15) is 11.6 Å². The number of fused-ring (bicyclic) bond motifs is 2. The molecule has 32 heavy (non-hydrogen) atoms. The molecule has 0 saturated carbocycles. The van der Waals surface area contributed by atoms with Crippen LogP contribution in [0.4, 0.5) is 4.39 Å². The van der Waals surface area contributed by atoms with Gasteiger partial charge in [-0.05, 0) is 75.0 Å². The maximum absolute atomic E-state index is 13.4. The average Bonchev–Trinajstić information content (AvgIpc) is 3.21. The van der Waals surface area contributed by atoms with Crippen LogP contribution >= 0.6 is 0 Å². The number of nitrogens with one attached hydrogen (secondary N) is 1. The minimum absolute atomic E-state index is 0.0659. The number of aromatic amines is 1. The van der Waals surface area contributed by atoms with Crippen LogP contribution in [-0.4, -0.2) is 41.3 Å². The summed E-state index contributed by atoms with van der Waals surface area (Å²) >= 11 is 0. The van der Waals surface area contributed by atoms with E-state index in [4.69, 9.17) is 9.26 Å². The van der Waals surface area contributed by atoms with Crippen molar-refractivity contribution in [1.29, 1.82) is 0 Å². The van der Waals surface area contributed by atoms with Crippen LogP contribution < -0.4 is 10.3 Å². The SMILES string of the molecule is Cc1cc2ccc(OCCCN3CCC(c4noc5cc(F)ccc45)CC3)cc2[nH]c1=O. The number of H-pyrrole nitrogens is 1. The lowest BCUT2D eigenvalue weighted by molar-refractivity contribution is 0.191. The van der Waals surface area contributed by atoms with E-state index in [0.29, 0.717) is 23.7 Å². The fourth-order valence-electron chi connectivity index (χ4n) is 4.51. The lowest BCUT2D eigenvalue weighted by Gasteiger charge is -2.31. The van der Waals surface area contributed by atoms with Crippen molar-refractivity contribution in [2.24, 2.45) is 0 Å². The highest BCUT2D eigenvalue weighted by molar-refractivity contribution is 5.80. The van der Waals surface area contributed by atoms with Gasteiger partial charge in [-0.3, -0.25) is 4.79 Å². The molecule has 1 saturated heterocycles. The zero-order valence-electron chi connectivity index (χ0n) is 18.1. The van der Waals surface area contributed by atoms with Crippen molar-refractivity contribution in [3.8, 4) is 5.75 Å². The Balaban J connectivity index is 1.10. The Morgan fingerprint density at radius 2 is 2.03 bits per heavy atom. The Labute approximate surface area is 185 Å². The molecular formula is C25H26FN3O3. The number of halogens is 1. The molecule has 7 heteroatoms. The van der Waals surface area contributed by atoms with E-state index < -0.39 is 0 Å². The summed E-state index contributed by atoms with van der Waals surface area (Å²) in [6, 6.07) is 12.3. The van der Waals surface area contributed by atoms with Crippen LogP contribution in [0.1, 0.15) is 36.4 Å². The van der Waals surface area contributed by atoms with Crippen molar-refractivity contribution in [2.75, 3.05) is 26.2 Å². The first-order chi connectivity index (χ1) is 15.6. The first-order valence-electron chi connectivity index (χ1n) is 11.1. The average molecular weight is 435 g/mol. The highest BCUT2D eigenvalue weighted by Gasteiger charge is 2.25. The molecule has 166 valence electrons. The molecular weight excluding hydrogens is 409 g/mol. The maximum atomic E-state index is 13.4. The molecule has 6 nitrogen and oxygen atoms in total. The highest BCUT2D eigenvalue weighted by Crippen LogP contribution is 2.32. The van der Waals surface area contributed by atoms with E-state index in [1.807, 2.05) is 24.3 Å². The van der Waals surface area contributed by atoms with Crippen LogP contribution in [0.3, 0.4) is 0 Å². The van der Waals surface area contributed by atoms with Gasteiger partial charge in [0, 0.05) is 35.5 Å². The van der Waals surface area contributed by atoms with E-state index in [-0.39, 0.29) is 11.4 Å². The number of piperidine rings is 1. The number of aromatic nitrogens is 2. The van der Waals surface area contributed by atoms with Crippen molar-refractivity contribution in [2.45, 2.75) is 32.1 Å². The van der Waals surface area contributed by atoms with Gasteiger partial charge in [-0.2, -0.15) is 0 Å². The lowest BCUT2D eigenvalue weighted by Crippen LogP contribution is -2.34. The monoisotopic (exact) mass is 435 g/mol. The summed E-state index contributed by atoms with van der Waals surface area (Å²) in [5.74, 6) is 0.812. The Bertz CT molecular complexity index is 1310. The van der Waals surface area contributed by atoms with Crippen LogP contribution in [-0.2, 0) is 0 Å². The summed E-state index contributed by atoms with van der Waals surface area (Å²) in [7, 11) is 0. The number of likely N-dealkylation sites (tertiary alicyclic amines) is 1. The zero-order valence-corrected chi connectivity index (χ0v) is 18.1. The van der Waals surface area contributed by atoms with E-state index >= 15 is 0 Å². The number of nitrogens with zero attached hydrogens (tertiary/aromatic N) is 2. The van der Waals surface area contributed by atoms with Crippen LogP contribution in [0.5, 0.6) is 5.75 Å². The molecule has 2 aromatic carbocycles. The standard InChI is InChI=1S/C25H26FN3O3/c1-16-13-18-3-5-20(15-22(18)27-25(16)30)31-12-2-9-29-10-7-17(8-11-29)24-21-6-4-19(26)14-23(21)32-28-24/h3-6,13-15,17H,2,7-12H2,1H3,(H,27,30). The molecule has 0 aliphatic carbocycles. The molecule has 0 atom stereocenters. The number of hydrogen-bond acceptors (Lipinski definition) is 5. The smallest absolute Gasteiger partial charge is 0.251 e. The molecule has 0 radical (unpaired) electrons. The van der Waals surface area contributed by atoms with Gasteiger partial charge in [0.2, 0.25) is 0 Å². The second-order valence-electron chi connectivity index (χ2n) is 8.56. The Morgan fingerprint density at radius 1 is 1.19 bits per heavy atom. The minimum atomic E-state index is -0.302. The van der Waals surface area contributed by atoms with E-state index in [1.165, 1.54) is 12.1 Å². The Kier molecular flexibility index (Phi) is 5.66. The molecule has 4 aromatic rings. The molecule has 5 rings (SSSR count). The molecule has 0 unspecified atom stereocenters. The van der Waals surface area contributed by atoms with Crippen LogP contribution in [0, 0.1) is 12.7 Å². The van der Waals surface area contributed by atoms with Gasteiger partial charge in [0.05, 0.1) is 17.8 Å². The van der Waals surface area contributed by atoms with Gasteiger partial charge in [0.25, 0.3) is 5.56 Å². The Morgan fingerprint density at radius 3 is 2.88 bits per heavy atom. The molecule has 1 aliphatic heterocycles. The number of rotatable bonds is 6. The molecule has 0 spiro atoms. The third-order valence-electron chi connectivity index (χ3n) is 6.33. The minimum Gasteiger partial charge on any atom is -0.493 e. The van der Waals surface area contributed by atoms with E-state index in [2.05, 4.69) is 15.0 Å². The number of benzene rings is 2. The van der Waals surface area contributed by atoms with Crippen LogP contribution in [0.2, 0.25) is 0 Å². The predicted molar refractivity (Wildman–Crippen MR) is 122 cm³/mol.